The third-order valence-electron chi connectivity index (χ3n) is 4.15. The van der Waals surface area contributed by atoms with Crippen LogP contribution in [0.25, 0.3) is 0 Å². The lowest BCUT2D eigenvalue weighted by molar-refractivity contribution is -0.0328. The van der Waals surface area contributed by atoms with Crippen molar-refractivity contribution in [1.82, 2.24) is 14.3 Å². The first-order valence-electron chi connectivity index (χ1n) is 7.71. The minimum Gasteiger partial charge on any atom is -0.370 e. The van der Waals surface area contributed by atoms with Gasteiger partial charge in [0.2, 0.25) is 10.0 Å². The Morgan fingerprint density at radius 2 is 2.13 bits per heavy atom. The van der Waals surface area contributed by atoms with Crippen LogP contribution in [-0.2, 0) is 21.8 Å². The van der Waals surface area contributed by atoms with Gasteiger partial charge in [0.05, 0.1) is 4.90 Å². The molecular formula is C16H21N3O3S. The van der Waals surface area contributed by atoms with E-state index in [2.05, 4.69) is 9.71 Å². The van der Waals surface area contributed by atoms with Crippen LogP contribution in [-0.4, -0.2) is 31.1 Å². The Kier molecular flexibility index (Phi) is 4.79. The van der Waals surface area contributed by atoms with Crippen LogP contribution in [0.5, 0.6) is 0 Å². The zero-order chi connectivity index (χ0) is 16.3. The highest BCUT2D eigenvalue weighted by molar-refractivity contribution is 7.89. The van der Waals surface area contributed by atoms with Crippen molar-refractivity contribution in [2.75, 3.05) is 13.2 Å². The van der Waals surface area contributed by atoms with Crippen molar-refractivity contribution in [1.29, 1.82) is 0 Å². The molecule has 1 saturated heterocycles. The number of sulfonamides is 1. The second-order valence-electron chi connectivity index (χ2n) is 5.75. The van der Waals surface area contributed by atoms with Crippen LogP contribution < -0.4 is 4.72 Å². The van der Waals surface area contributed by atoms with Gasteiger partial charge in [0.25, 0.3) is 0 Å². The number of imidazole rings is 1. The number of ether oxygens (including phenoxy) is 1. The van der Waals surface area contributed by atoms with Crippen molar-refractivity contribution in [2.24, 2.45) is 13.0 Å². The van der Waals surface area contributed by atoms with Crippen LogP contribution in [0.15, 0.2) is 47.6 Å². The van der Waals surface area contributed by atoms with E-state index in [4.69, 9.17) is 4.74 Å². The lowest BCUT2D eigenvalue weighted by atomic mass is 9.94. The van der Waals surface area contributed by atoms with Gasteiger partial charge in [-0.3, -0.25) is 0 Å². The van der Waals surface area contributed by atoms with E-state index in [1.165, 1.54) is 0 Å². The molecule has 1 aromatic carbocycles. The van der Waals surface area contributed by atoms with Gasteiger partial charge in [-0.15, -0.1) is 0 Å². The zero-order valence-corrected chi connectivity index (χ0v) is 13.9. The minimum absolute atomic E-state index is 0.0725. The fourth-order valence-corrected chi connectivity index (χ4v) is 4.00. The van der Waals surface area contributed by atoms with Gasteiger partial charge in [0.15, 0.2) is 0 Å². The summed E-state index contributed by atoms with van der Waals surface area (Å²) in [6, 6.07) is 8.42. The summed E-state index contributed by atoms with van der Waals surface area (Å²) in [6.07, 6.45) is 5.27. The molecule has 124 valence electrons. The number of nitrogens with zero attached hydrogens (tertiary/aromatic N) is 2. The lowest BCUT2D eigenvalue weighted by Gasteiger charge is -2.31. The highest BCUT2D eigenvalue weighted by Gasteiger charge is 2.31. The van der Waals surface area contributed by atoms with Gasteiger partial charge in [0, 0.05) is 38.5 Å². The molecule has 0 amide bonds. The highest BCUT2D eigenvalue weighted by atomic mass is 32.2. The Bertz CT molecular complexity index is 743. The standard InChI is InChI=1S/C16H21N3O3S/c1-19-10-9-17-16(19)15-13(6-5-11-22-15)12-18-23(20,21)14-7-3-2-4-8-14/h2-4,7-10,13,15,18H,5-6,11-12H2,1H3/t13-,15+/m0/s1. The average Bonchev–Trinajstić information content (AvgIpc) is 3.00. The SMILES string of the molecule is Cn1ccnc1[C@@H]1OCCC[C@H]1CNS(=O)(=O)c1ccccc1. The largest absolute Gasteiger partial charge is 0.370 e. The van der Waals surface area contributed by atoms with Gasteiger partial charge in [-0.2, -0.15) is 0 Å². The second-order valence-corrected chi connectivity index (χ2v) is 7.52. The second kappa shape index (κ2) is 6.82. The highest BCUT2D eigenvalue weighted by Crippen LogP contribution is 2.32. The van der Waals surface area contributed by atoms with E-state index in [1.54, 1.807) is 36.5 Å². The molecule has 0 spiro atoms. The van der Waals surface area contributed by atoms with Crippen LogP contribution in [0.4, 0.5) is 0 Å². The van der Waals surface area contributed by atoms with E-state index in [9.17, 15) is 8.42 Å². The van der Waals surface area contributed by atoms with Crippen LogP contribution in [0.2, 0.25) is 0 Å². The summed E-state index contributed by atoms with van der Waals surface area (Å²) >= 11 is 0. The molecule has 23 heavy (non-hydrogen) atoms. The maximum Gasteiger partial charge on any atom is 0.240 e. The summed E-state index contributed by atoms with van der Waals surface area (Å²) in [6.45, 7) is 1.02. The fourth-order valence-electron chi connectivity index (χ4n) is 2.89. The summed E-state index contributed by atoms with van der Waals surface area (Å²) in [4.78, 5) is 4.64. The van der Waals surface area contributed by atoms with Crippen LogP contribution in [0.1, 0.15) is 24.8 Å². The summed E-state index contributed by atoms with van der Waals surface area (Å²) in [5.41, 5.74) is 0. The molecule has 1 aromatic heterocycles. The van der Waals surface area contributed by atoms with Crippen LogP contribution in [0, 0.1) is 5.92 Å². The van der Waals surface area contributed by atoms with Crippen LogP contribution >= 0.6 is 0 Å². The molecule has 3 rings (SSSR count). The number of aromatic nitrogens is 2. The Labute approximate surface area is 136 Å². The van der Waals surface area contributed by atoms with Crippen molar-refractivity contribution in [3.8, 4) is 0 Å². The number of hydrogen-bond donors (Lipinski definition) is 1. The van der Waals surface area contributed by atoms with E-state index in [0.29, 0.717) is 13.2 Å². The molecule has 0 unspecified atom stereocenters. The third kappa shape index (κ3) is 3.63. The molecule has 2 aromatic rings. The van der Waals surface area contributed by atoms with Crippen molar-refractivity contribution in [3.63, 3.8) is 0 Å². The Morgan fingerprint density at radius 1 is 1.35 bits per heavy atom. The van der Waals surface area contributed by atoms with Gasteiger partial charge in [0.1, 0.15) is 11.9 Å². The lowest BCUT2D eigenvalue weighted by Crippen LogP contribution is -2.35. The minimum atomic E-state index is -3.49. The first-order chi connectivity index (χ1) is 11.1. The number of aryl methyl sites for hydroxylation is 1. The molecule has 2 heterocycles. The number of nitrogens with one attached hydrogen (secondary N) is 1. The van der Waals surface area contributed by atoms with Crippen molar-refractivity contribution >= 4 is 10.0 Å². The quantitative estimate of drug-likeness (QED) is 0.905. The van der Waals surface area contributed by atoms with Gasteiger partial charge in [-0.05, 0) is 25.0 Å². The predicted octanol–water partition coefficient (Wildman–Crippen LogP) is 1.87. The first-order valence-corrected chi connectivity index (χ1v) is 9.20. The van der Waals surface area contributed by atoms with Gasteiger partial charge >= 0.3 is 0 Å². The van der Waals surface area contributed by atoms with Gasteiger partial charge in [-0.25, -0.2) is 18.1 Å². The molecule has 1 fully saturated rings. The van der Waals surface area contributed by atoms with Gasteiger partial charge < -0.3 is 9.30 Å². The smallest absolute Gasteiger partial charge is 0.240 e. The summed E-state index contributed by atoms with van der Waals surface area (Å²) < 4.78 is 35.2. The van der Waals surface area contributed by atoms with Crippen molar-refractivity contribution in [3.05, 3.63) is 48.5 Å². The molecule has 6 nitrogen and oxygen atoms in total. The molecule has 0 bridgehead atoms. The molecule has 7 heteroatoms. The molecule has 1 aliphatic heterocycles. The molecule has 0 aliphatic carbocycles. The number of hydrogen-bond acceptors (Lipinski definition) is 4. The van der Waals surface area contributed by atoms with E-state index < -0.39 is 10.0 Å². The predicted molar refractivity (Wildman–Crippen MR) is 86.3 cm³/mol. The zero-order valence-electron chi connectivity index (χ0n) is 13.1. The average molecular weight is 335 g/mol. The molecular weight excluding hydrogens is 314 g/mol. The normalized spacial score (nSPS) is 22.1. The maximum atomic E-state index is 12.4. The topological polar surface area (TPSA) is 73.2 Å². The molecule has 2 atom stereocenters. The molecule has 1 N–H and O–H groups in total. The monoisotopic (exact) mass is 335 g/mol. The first kappa shape index (κ1) is 16.2. The Hall–Kier alpha value is -1.70. The molecule has 0 saturated carbocycles. The number of rotatable bonds is 5. The third-order valence-corrected chi connectivity index (χ3v) is 5.59. The summed E-state index contributed by atoms with van der Waals surface area (Å²) in [5, 5.41) is 0. The molecule has 1 aliphatic rings. The van der Waals surface area contributed by atoms with Gasteiger partial charge in [-0.1, -0.05) is 18.2 Å². The van der Waals surface area contributed by atoms with Crippen molar-refractivity contribution in [2.45, 2.75) is 23.8 Å². The van der Waals surface area contributed by atoms with E-state index in [0.717, 1.165) is 18.7 Å². The van der Waals surface area contributed by atoms with Crippen molar-refractivity contribution < 1.29 is 13.2 Å². The Morgan fingerprint density at radius 3 is 2.83 bits per heavy atom. The Balaban J connectivity index is 1.72. The van der Waals surface area contributed by atoms with Crippen LogP contribution in [0.3, 0.4) is 0 Å². The summed E-state index contributed by atoms with van der Waals surface area (Å²) in [5.74, 6) is 0.914. The van der Waals surface area contributed by atoms with E-state index >= 15 is 0 Å². The fraction of sp³-hybridized carbons (Fsp3) is 0.438. The van der Waals surface area contributed by atoms with E-state index in [-0.39, 0.29) is 16.9 Å². The molecule has 0 radical (unpaired) electrons. The number of benzene rings is 1. The van der Waals surface area contributed by atoms with E-state index in [1.807, 2.05) is 17.8 Å². The maximum absolute atomic E-state index is 12.4. The summed E-state index contributed by atoms with van der Waals surface area (Å²) in [7, 11) is -1.57.